The summed E-state index contributed by atoms with van der Waals surface area (Å²) < 4.78 is 0. The first kappa shape index (κ1) is 15.5. The molecule has 3 N–H and O–H groups in total. The molecular formula is C15H23NO3. The van der Waals surface area contributed by atoms with E-state index in [4.69, 9.17) is 5.11 Å². The van der Waals surface area contributed by atoms with Crippen molar-refractivity contribution in [3.8, 4) is 5.75 Å². The van der Waals surface area contributed by atoms with Crippen molar-refractivity contribution in [3.63, 3.8) is 0 Å². The lowest BCUT2D eigenvalue weighted by Crippen LogP contribution is -2.44. The minimum Gasteiger partial charge on any atom is -0.507 e. The molecule has 1 aromatic rings. The minimum absolute atomic E-state index is 0.0159. The number of rotatable bonds is 4. The molecule has 0 radical (unpaired) electrons. The van der Waals surface area contributed by atoms with Gasteiger partial charge in [-0.25, -0.2) is 0 Å². The first-order chi connectivity index (χ1) is 8.75. The van der Waals surface area contributed by atoms with Crippen molar-refractivity contribution in [2.24, 2.45) is 5.41 Å². The van der Waals surface area contributed by atoms with E-state index in [-0.39, 0.29) is 35.3 Å². The van der Waals surface area contributed by atoms with E-state index in [1.807, 2.05) is 27.7 Å². The number of aromatic hydroxyl groups is 1. The molecule has 19 heavy (non-hydrogen) atoms. The maximum absolute atomic E-state index is 12.2. The number of aliphatic hydroxyl groups is 1. The van der Waals surface area contributed by atoms with Gasteiger partial charge in [-0.2, -0.15) is 0 Å². The van der Waals surface area contributed by atoms with Gasteiger partial charge in [0.15, 0.2) is 0 Å². The highest BCUT2D eigenvalue weighted by molar-refractivity contribution is 5.97. The number of benzene rings is 1. The normalized spacial score (nSPS) is 13.1. The number of hydrogen-bond donors (Lipinski definition) is 3. The Balaban J connectivity index is 2.91. The van der Waals surface area contributed by atoms with Gasteiger partial charge < -0.3 is 15.5 Å². The molecule has 0 heterocycles. The third-order valence-electron chi connectivity index (χ3n) is 3.17. The van der Waals surface area contributed by atoms with E-state index in [1.165, 1.54) is 6.07 Å². The predicted molar refractivity (Wildman–Crippen MR) is 75.3 cm³/mol. The van der Waals surface area contributed by atoms with Crippen LogP contribution >= 0.6 is 0 Å². The van der Waals surface area contributed by atoms with E-state index >= 15 is 0 Å². The zero-order valence-corrected chi connectivity index (χ0v) is 12.0. The van der Waals surface area contributed by atoms with Crippen LogP contribution in [0.4, 0.5) is 0 Å². The molecule has 0 aliphatic carbocycles. The first-order valence-electron chi connectivity index (χ1n) is 6.47. The van der Waals surface area contributed by atoms with Gasteiger partial charge >= 0.3 is 0 Å². The molecule has 1 atom stereocenters. The molecule has 0 aliphatic rings. The van der Waals surface area contributed by atoms with Crippen LogP contribution in [0.3, 0.4) is 0 Å². The lowest BCUT2D eigenvalue weighted by molar-refractivity contribution is 0.0882. The van der Waals surface area contributed by atoms with Crippen molar-refractivity contribution < 1.29 is 15.0 Å². The number of hydrogen-bond acceptors (Lipinski definition) is 3. The molecule has 106 valence electrons. The second kappa shape index (κ2) is 6.06. The van der Waals surface area contributed by atoms with Crippen LogP contribution in [-0.2, 0) is 0 Å². The van der Waals surface area contributed by atoms with Crippen molar-refractivity contribution in [2.45, 2.75) is 40.2 Å². The number of phenols is 1. The number of nitrogens with one attached hydrogen (secondary N) is 1. The Morgan fingerprint density at radius 3 is 2.53 bits per heavy atom. The van der Waals surface area contributed by atoms with Crippen LogP contribution in [0.15, 0.2) is 18.2 Å². The summed E-state index contributed by atoms with van der Waals surface area (Å²) in [6.07, 6.45) is 0.488. The fraction of sp³-hybridized carbons (Fsp3) is 0.533. The summed E-state index contributed by atoms with van der Waals surface area (Å²) in [4.78, 5) is 12.2. The zero-order chi connectivity index (χ0) is 14.6. The van der Waals surface area contributed by atoms with Crippen molar-refractivity contribution in [1.29, 1.82) is 0 Å². The van der Waals surface area contributed by atoms with Crippen LogP contribution in [0.25, 0.3) is 0 Å². The standard InChI is InChI=1S/C15H23NO3/c1-10-5-6-12(18)11(9-10)14(19)16-13(7-8-17)15(2,3)4/h5-6,9,13,17-18H,7-8H2,1-4H3,(H,16,19). The molecule has 1 rings (SSSR count). The predicted octanol–water partition coefficient (Wildman–Crippen LogP) is 2.23. The fourth-order valence-corrected chi connectivity index (χ4v) is 1.92. The van der Waals surface area contributed by atoms with E-state index in [0.717, 1.165) is 5.56 Å². The Morgan fingerprint density at radius 2 is 2.00 bits per heavy atom. The molecule has 1 amide bonds. The van der Waals surface area contributed by atoms with Crippen LogP contribution in [0.1, 0.15) is 43.1 Å². The lowest BCUT2D eigenvalue weighted by Gasteiger charge is -2.31. The molecule has 0 aromatic heterocycles. The SMILES string of the molecule is Cc1ccc(O)c(C(=O)NC(CCO)C(C)(C)C)c1. The Bertz CT molecular complexity index is 449. The van der Waals surface area contributed by atoms with Crippen LogP contribution in [0, 0.1) is 12.3 Å². The van der Waals surface area contributed by atoms with E-state index in [9.17, 15) is 9.90 Å². The summed E-state index contributed by atoms with van der Waals surface area (Å²) in [5.74, 6) is -0.339. The number of carbonyl (C=O) groups excluding carboxylic acids is 1. The van der Waals surface area contributed by atoms with Crippen LogP contribution in [0.5, 0.6) is 5.75 Å². The number of amides is 1. The molecular weight excluding hydrogens is 242 g/mol. The Kier molecular flexibility index (Phi) is 4.95. The van der Waals surface area contributed by atoms with Crippen molar-refractivity contribution in [3.05, 3.63) is 29.3 Å². The summed E-state index contributed by atoms with van der Waals surface area (Å²) in [5.41, 5.74) is 1.03. The van der Waals surface area contributed by atoms with Crippen molar-refractivity contribution >= 4 is 5.91 Å². The molecule has 0 saturated heterocycles. The van der Waals surface area contributed by atoms with E-state index < -0.39 is 0 Å². The molecule has 0 spiro atoms. The van der Waals surface area contributed by atoms with Gasteiger partial charge in [-0.05, 0) is 30.9 Å². The molecule has 1 aromatic carbocycles. The Labute approximate surface area is 114 Å². The average Bonchev–Trinajstić information content (AvgIpc) is 2.30. The van der Waals surface area contributed by atoms with E-state index in [1.54, 1.807) is 12.1 Å². The van der Waals surface area contributed by atoms with Gasteiger partial charge in [0.05, 0.1) is 5.56 Å². The van der Waals surface area contributed by atoms with Gasteiger partial charge in [0, 0.05) is 12.6 Å². The van der Waals surface area contributed by atoms with Crippen LogP contribution < -0.4 is 5.32 Å². The highest BCUT2D eigenvalue weighted by Crippen LogP contribution is 2.24. The molecule has 4 heteroatoms. The fourth-order valence-electron chi connectivity index (χ4n) is 1.92. The molecule has 1 unspecified atom stereocenters. The van der Waals surface area contributed by atoms with Gasteiger partial charge in [-0.15, -0.1) is 0 Å². The molecule has 0 saturated carbocycles. The Hall–Kier alpha value is -1.55. The number of phenolic OH excluding ortho intramolecular Hbond substituents is 1. The highest BCUT2D eigenvalue weighted by atomic mass is 16.3. The van der Waals surface area contributed by atoms with Gasteiger partial charge in [-0.1, -0.05) is 32.4 Å². The topological polar surface area (TPSA) is 69.6 Å². The average molecular weight is 265 g/mol. The van der Waals surface area contributed by atoms with E-state index in [0.29, 0.717) is 6.42 Å². The van der Waals surface area contributed by atoms with E-state index in [2.05, 4.69) is 5.32 Å². The first-order valence-corrected chi connectivity index (χ1v) is 6.47. The van der Waals surface area contributed by atoms with Crippen molar-refractivity contribution in [2.75, 3.05) is 6.61 Å². The molecule has 0 aliphatic heterocycles. The zero-order valence-electron chi connectivity index (χ0n) is 12.0. The second-order valence-corrected chi connectivity index (χ2v) is 5.92. The Morgan fingerprint density at radius 1 is 1.37 bits per heavy atom. The third kappa shape index (κ3) is 4.24. The molecule has 0 fully saturated rings. The van der Waals surface area contributed by atoms with Gasteiger partial charge in [-0.3, -0.25) is 4.79 Å². The van der Waals surface area contributed by atoms with Gasteiger partial charge in [0.25, 0.3) is 5.91 Å². The largest absolute Gasteiger partial charge is 0.507 e. The summed E-state index contributed by atoms with van der Waals surface area (Å²) >= 11 is 0. The van der Waals surface area contributed by atoms with Crippen molar-refractivity contribution in [1.82, 2.24) is 5.32 Å². The maximum atomic E-state index is 12.2. The van der Waals surface area contributed by atoms with Gasteiger partial charge in [0.1, 0.15) is 5.75 Å². The highest BCUT2D eigenvalue weighted by Gasteiger charge is 2.26. The summed E-state index contributed by atoms with van der Waals surface area (Å²) in [5, 5.41) is 21.7. The van der Waals surface area contributed by atoms with Crippen LogP contribution in [-0.4, -0.2) is 28.8 Å². The van der Waals surface area contributed by atoms with Gasteiger partial charge in [0.2, 0.25) is 0 Å². The number of carbonyl (C=O) groups is 1. The second-order valence-electron chi connectivity index (χ2n) is 5.92. The molecule has 0 bridgehead atoms. The number of aryl methyl sites for hydroxylation is 1. The summed E-state index contributed by atoms with van der Waals surface area (Å²) in [6.45, 7) is 7.89. The summed E-state index contributed by atoms with van der Waals surface area (Å²) in [7, 11) is 0. The smallest absolute Gasteiger partial charge is 0.255 e. The lowest BCUT2D eigenvalue weighted by atomic mass is 9.84. The summed E-state index contributed by atoms with van der Waals surface area (Å²) in [6, 6.07) is 4.78. The number of aliphatic hydroxyl groups excluding tert-OH is 1. The quantitative estimate of drug-likeness (QED) is 0.782. The maximum Gasteiger partial charge on any atom is 0.255 e. The van der Waals surface area contributed by atoms with Crippen LogP contribution in [0.2, 0.25) is 0 Å². The monoisotopic (exact) mass is 265 g/mol. The third-order valence-corrected chi connectivity index (χ3v) is 3.17. The minimum atomic E-state index is -0.311. The molecule has 4 nitrogen and oxygen atoms in total.